The Hall–Kier alpha value is -3.70. The molecule has 0 saturated heterocycles. The van der Waals surface area contributed by atoms with Crippen molar-refractivity contribution in [3.8, 4) is 5.75 Å². The fourth-order valence-electron chi connectivity index (χ4n) is 3.25. The van der Waals surface area contributed by atoms with Crippen molar-refractivity contribution in [2.45, 2.75) is 31.2 Å². The first-order chi connectivity index (χ1) is 14.2. The molecule has 0 spiro atoms. The second-order valence-electron chi connectivity index (χ2n) is 6.64. The van der Waals surface area contributed by atoms with E-state index >= 15 is 0 Å². The molecular formula is C18H13F3N4O5. The van der Waals surface area contributed by atoms with Gasteiger partial charge in [0, 0.05) is 37.2 Å². The van der Waals surface area contributed by atoms with Crippen molar-refractivity contribution in [2.24, 2.45) is 0 Å². The van der Waals surface area contributed by atoms with E-state index in [2.05, 4.69) is 9.97 Å². The van der Waals surface area contributed by atoms with E-state index in [1.54, 1.807) is 0 Å². The van der Waals surface area contributed by atoms with Crippen LogP contribution in [-0.2, 0) is 10.9 Å². The maximum atomic E-state index is 13.4. The summed E-state index contributed by atoms with van der Waals surface area (Å²) >= 11 is 0. The number of rotatable bonds is 4. The third-order valence-electron chi connectivity index (χ3n) is 4.69. The number of carbonyl (C=O) groups is 1. The van der Waals surface area contributed by atoms with Gasteiger partial charge in [-0.05, 0) is 18.2 Å². The molecule has 2 aromatic heterocycles. The molecule has 9 nitrogen and oxygen atoms in total. The van der Waals surface area contributed by atoms with Crippen LogP contribution in [0.3, 0.4) is 0 Å². The number of ether oxygens (including phenoxy) is 2. The van der Waals surface area contributed by atoms with Gasteiger partial charge >= 0.3 is 12.3 Å². The summed E-state index contributed by atoms with van der Waals surface area (Å²) < 4.78 is 51.3. The number of imidazole rings is 1. The molecule has 12 heteroatoms. The van der Waals surface area contributed by atoms with E-state index < -0.39 is 35.2 Å². The van der Waals surface area contributed by atoms with Gasteiger partial charge in [0.15, 0.2) is 0 Å². The summed E-state index contributed by atoms with van der Waals surface area (Å²) in [5.41, 5.74) is 0.265. The van der Waals surface area contributed by atoms with Crippen molar-refractivity contribution in [3.05, 3.63) is 58.7 Å². The summed E-state index contributed by atoms with van der Waals surface area (Å²) in [7, 11) is 0. The van der Waals surface area contributed by atoms with Gasteiger partial charge in [-0.1, -0.05) is 0 Å². The van der Waals surface area contributed by atoms with Crippen LogP contribution in [-0.4, -0.2) is 31.7 Å². The molecule has 0 atom stereocenters. The number of nitro benzene ring substituents is 1. The minimum Gasteiger partial charge on any atom is -0.431 e. The molecule has 0 radical (unpaired) electrons. The molecule has 3 aromatic rings. The maximum Gasteiger partial charge on any atom is 0.514 e. The van der Waals surface area contributed by atoms with Gasteiger partial charge in [-0.2, -0.15) is 13.2 Å². The smallest absolute Gasteiger partial charge is 0.431 e. The summed E-state index contributed by atoms with van der Waals surface area (Å²) in [5.74, 6) is -0.977. The van der Waals surface area contributed by atoms with Gasteiger partial charge in [0.1, 0.15) is 11.9 Å². The van der Waals surface area contributed by atoms with Crippen molar-refractivity contribution in [1.29, 1.82) is 0 Å². The minimum absolute atomic E-state index is 0.0486. The van der Waals surface area contributed by atoms with Crippen LogP contribution in [0.2, 0.25) is 0 Å². The van der Waals surface area contributed by atoms with Crippen LogP contribution in [0, 0.1) is 10.1 Å². The molecule has 0 amide bonds. The van der Waals surface area contributed by atoms with Crippen molar-refractivity contribution in [1.82, 2.24) is 14.5 Å². The molecule has 1 aromatic carbocycles. The van der Waals surface area contributed by atoms with Crippen molar-refractivity contribution in [2.75, 3.05) is 0 Å². The van der Waals surface area contributed by atoms with Crippen LogP contribution in [0.4, 0.5) is 23.7 Å². The predicted molar refractivity (Wildman–Crippen MR) is 94.8 cm³/mol. The van der Waals surface area contributed by atoms with Crippen LogP contribution >= 0.6 is 0 Å². The van der Waals surface area contributed by atoms with E-state index in [0.29, 0.717) is 0 Å². The highest BCUT2D eigenvalue weighted by molar-refractivity contribution is 5.75. The van der Waals surface area contributed by atoms with E-state index in [1.807, 2.05) is 0 Å². The Labute approximate surface area is 166 Å². The van der Waals surface area contributed by atoms with Gasteiger partial charge in [0.05, 0.1) is 22.2 Å². The van der Waals surface area contributed by atoms with Gasteiger partial charge in [-0.3, -0.25) is 15.1 Å². The average molecular weight is 422 g/mol. The van der Waals surface area contributed by atoms with Gasteiger partial charge in [-0.25, -0.2) is 9.78 Å². The first-order valence-corrected chi connectivity index (χ1v) is 8.74. The molecular weight excluding hydrogens is 409 g/mol. The number of hydrogen-bond donors (Lipinski definition) is 0. The lowest BCUT2D eigenvalue weighted by Crippen LogP contribution is -2.37. The quantitative estimate of drug-likeness (QED) is 0.267. The fourth-order valence-corrected chi connectivity index (χ4v) is 3.25. The molecule has 156 valence electrons. The zero-order chi connectivity index (χ0) is 21.5. The molecule has 2 heterocycles. The van der Waals surface area contributed by atoms with E-state index in [9.17, 15) is 28.1 Å². The third-order valence-corrected chi connectivity index (χ3v) is 4.69. The largest absolute Gasteiger partial charge is 0.514 e. The molecule has 1 aliphatic rings. The SMILES string of the molecule is O=C(Oc1ccc([N+](=O)[O-])cc1)OC1CC(n2c(C(F)(F)F)nc3ccncc32)C1. The van der Waals surface area contributed by atoms with Crippen molar-refractivity contribution in [3.63, 3.8) is 0 Å². The van der Waals surface area contributed by atoms with Gasteiger partial charge in [-0.15, -0.1) is 0 Å². The summed E-state index contributed by atoms with van der Waals surface area (Å²) in [6.07, 6.45) is -3.33. The maximum absolute atomic E-state index is 13.4. The van der Waals surface area contributed by atoms with Crippen LogP contribution in [0.5, 0.6) is 5.75 Å². The number of alkyl halides is 3. The fraction of sp³-hybridized carbons (Fsp3) is 0.278. The van der Waals surface area contributed by atoms with E-state index in [4.69, 9.17) is 9.47 Å². The van der Waals surface area contributed by atoms with Crippen LogP contribution in [0.1, 0.15) is 24.7 Å². The molecule has 30 heavy (non-hydrogen) atoms. The molecule has 1 saturated carbocycles. The first-order valence-electron chi connectivity index (χ1n) is 8.74. The highest BCUT2D eigenvalue weighted by Crippen LogP contribution is 2.41. The topological polar surface area (TPSA) is 109 Å². The number of benzene rings is 1. The Morgan fingerprint density at radius 3 is 2.53 bits per heavy atom. The Morgan fingerprint density at radius 1 is 1.20 bits per heavy atom. The molecule has 0 aliphatic heterocycles. The number of pyridine rings is 1. The summed E-state index contributed by atoms with van der Waals surface area (Å²) in [4.78, 5) is 29.4. The van der Waals surface area contributed by atoms with Gasteiger partial charge in [0.2, 0.25) is 5.82 Å². The van der Waals surface area contributed by atoms with Crippen LogP contribution < -0.4 is 4.74 Å². The van der Waals surface area contributed by atoms with Crippen molar-refractivity contribution < 1.29 is 32.4 Å². The number of hydrogen-bond acceptors (Lipinski definition) is 7. The number of nitrogens with zero attached hydrogens (tertiary/aromatic N) is 4. The van der Waals surface area contributed by atoms with E-state index in [1.165, 1.54) is 42.7 Å². The molecule has 0 bridgehead atoms. The molecule has 1 aliphatic carbocycles. The lowest BCUT2D eigenvalue weighted by Gasteiger charge is -2.36. The lowest BCUT2D eigenvalue weighted by molar-refractivity contribution is -0.384. The Balaban J connectivity index is 1.40. The Morgan fingerprint density at radius 2 is 1.90 bits per heavy atom. The molecule has 4 rings (SSSR count). The van der Waals surface area contributed by atoms with Gasteiger partial charge in [0.25, 0.3) is 5.69 Å². The van der Waals surface area contributed by atoms with E-state index in [-0.39, 0.29) is 35.3 Å². The third kappa shape index (κ3) is 3.75. The summed E-state index contributed by atoms with van der Waals surface area (Å²) in [6, 6.07) is 5.65. The summed E-state index contributed by atoms with van der Waals surface area (Å²) in [6.45, 7) is 0. The second-order valence-corrected chi connectivity index (χ2v) is 6.64. The number of non-ortho nitro benzene ring substituents is 1. The number of aromatic nitrogens is 3. The monoisotopic (exact) mass is 422 g/mol. The lowest BCUT2D eigenvalue weighted by atomic mass is 9.88. The minimum atomic E-state index is -4.64. The van der Waals surface area contributed by atoms with Gasteiger partial charge < -0.3 is 14.0 Å². The van der Waals surface area contributed by atoms with E-state index in [0.717, 1.165) is 4.57 Å². The van der Waals surface area contributed by atoms with Crippen molar-refractivity contribution >= 4 is 22.9 Å². The molecule has 1 fully saturated rings. The van der Waals surface area contributed by atoms with Crippen LogP contribution in [0.25, 0.3) is 11.0 Å². The normalized spacial score (nSPS) is 18.6. The first kappa shape index (κ1) is 19.6. The predicted octanol–water partition coefficient (Wildman–Crippen LogP) is 4.28. The molecule has 0 N–H and O–H groups in total. The average Bonchev–Trinajstić information content (AvgIpc) is 3.04. The number of nitro groups is 1. The standard InChI is InChI=1S/C18H13F3N4O5/c19-18(20,21)16-23-14-5-6-22-9-15(14)24(16)11-7-13(8-11)30-17(26)29-12-3-1-10(2-4-12)25(27)28/h1-6,9,11,13H,7-8H2. The summed E-state index contributed by atoms with van der Waals surface area (Å²) in [5, 5.41) is 10.6. The zero-order valence-electron chi connectivity index (χ0n) is 15.1. The Bertz CT molecular complexity index is 1110. The Kier molecular flexibility index (Phi) is 4.76. The highest BCUT2D eigenvalue weighted by atomic mass is 19.4. The zero-order valence-corrected chi connectivity index (χ0v) is 15.1. The number of halogens is 3. The number of carbonyl (C=O) groups excluding carboxylic acids is 1. The second kappa shape index (κ2) is 7.28. The van der Waals surface area contributed by atoms with Crippen LogP contribution in [0.15, 0.2) is 42.7 Å². The molecule has 0 unspecified atom stereocenters. The highest BCUT2D eigenvalue weighted by Gasteiger charge is 2.43. The number of fused-ring (bicyclic) bond motifs is 1.